The summed E-state index contributed by atoms with van der Waals surface area (Å²) in [5.74, 6) is 0.220. The number of cyclic esters (lactones) is 1. The maximum atomic E-state index is 12.9. The van der Waals surface area contributed by atoms with Gasteiger partial charge in [-0.2, -0.15) is 0 Å². The fourth-order valence-corrected chi connectivity index (χ4v) is 4.31. The molecule has 1 aliphatic heterocycles. The Balaban J connectivity index is 1.67. The summed E-state index contributed by atoms with van der Waals surface area (Å²) in [6, 6.07) is 13.1. The molecular weight excluding hydrogens is 404 g/mol. The molecule has 2 aromatic rings. The minimum atomic E-state index is -0.691. The van der Waals surface area contributed by atoms with Crippen molar-refractivity contribution in [3.05, 3.63) is 59.2 Å². The van der Waals surface area contributed by atoms with E-state index in [0.29, 0.717) is 19.5 Å². The summed E-state index contributed by atoms with van der Waals surface area (Å²) >= 11 is 0. The molecule has 0 saturated heterocycles. The van der Waals surface area contributed by atoms with Crippen molar-refractivity contribution in [3.63, 3.8) is 0 Å². The van der Waals surface area contributed by atoms with Gasteiger partial charge >= 0.3 is 6.09 Å². The van der Waals surface area contributed by atoms with E-state index in [-0.39, 0.29) is 17.4 Å². The Hall–Kier alpha value is -2.57. The maximum absolute atomic E-state index is 12.9. The van der Waals surface area contributed by atoms with Gasteiger partial charge in [-0.15, -0.1) is 0 Å². The van der Waals surface area contributed by atoms with E-state index in [1.54, 1.807) is 23.1 Å². The van der Waals surface area contributed by atoms with E-state index >= 15 is 0 Å². The normalized spacial score (nSPS) is 16.4. The number of carbonyl (C=O) groups is 1. The zero-order valence-corrected chi connectivity index (χ0v) is 19.8. The summed E-state index contributed by atoms with van der Waals surface area (Å²) in [5.41, 5.74) is 2.60. The molecule has 3 rings (SSSR count). The van der Waals surface area contributed by atoms with Crippen LogP contribution in [0.4, 0.5) is 10.5 Å². The summed E-state index contributed by atoms with van der Waals surface area (Å²) in [5, 5.41) is 23.7. The number of phenols is 1. The molecule has 3 N–H and O–H groups in total. The molecule has 32 heavy (non-hydrogen) atoms. The SMILES string of the molecule is CCC1(CC)OC(=O)N(CCC(C)(C)NCC(O)c2ccc(O)c(C)c2)c2ccccc21. The van der Waals surface area contributed by atoms with Crippen LogP contribution in [0.1, 0.15) is 69.8 Å². The fraction of sp³-hybridized carbons (Fsp3) is 0.500. The molecule has 2 aromatic carbocycles. The summed E-state index contributed by atoms with van der Waals surface area (Å²) < 4.78 is 5.96. The quantitative estimate of drug-likeness (QED) is 0.501. The standard InChI is InChI=1S/C26H36N2O4/c1-6-26(7-2)20-10-8-9-11-21(20)28(24(31)32-26)15-14-25(4,5)27-17-23(30)19-12-13-22(29)18(3)16-19/h8-13,16,23,27,29-30H,6-7,14-15,17H2,1-5H3. The second-order valence-corrected chi connectivity index (χ2v) is 9.31. The number of β-amino-alcohol motifs (C(OH)–C–C–N with tert-alkyl or cyclic N) is 1. The van der Waals surface area contributed by atoms with Crippen LogP contribution < -0.4 is 10.2 Å². The summed E-state index contributed by atoms with van der Waals surface area (Å²) in [4.78, 5) is 14.7. The van der Waals surface area contributed by atoms with E-state index in [4.69, 9.17) is 4.74 Å². The minimum absolute atomic E-state index is 0.220. The monoisotopic (exact) mass is 440 g/mol. The number of hydrogen-bond donors (Lipinski definition) is 3. The highest BCUT2D eigenvalue weighted by molar-refractivity contribution is 5.91. The molecule has 1 unspecified atom stereocenters. The third kappa shape index (κ3) is 4.92. The van der Waals surface area contributed by atoms with E-state index in [9.17, 15) is 15.0 Å². The molecule has 0 saturated carbocycles. The van der Waals surface area contributed by atoms with Crippen molar-refractivity contribution in [3.8, 4) is 5.75 Å². The molecule has 1 aliphatic rings. The molecule has 0 fully saturated rings. The number of rotatable bonds is 9. The number of hydrogen-bond acceptors (Lipinski definition) is 5. The Morgan fingerprint density at radius 3 is 2.50 bits per heavy atom. The van der Waals surface area contributed by atoms with E-state index in [0.717, 1.165) is 35.2 Å². The number of ether oxygens (including phenoxy) is 1. The van der Waals surface area contributed by atoms with Crippen molar-refractivity contribution in [2.24, 2.45) is 0 Å². The number of aromatic hydroxyl groups is 1. The van der Waals surface area contributed by atoms with Crippen molar-refractivity contribution < 1.29 is 19.7 Å². The predicted molar refractivity (Wildman–Crippen MR) is 127 cm³/mol. The van der Waals surface area contributed by atoms with Gasteiger partial charge in [-0.05, 0) is 69.4 Å². The third-order valence-electron chi connectivity index (χ3n) is 6.67. The van der Waals surface area contributed by atoms with Gasteiger partial charge in [-0.25, -0.2) is 4.79 Å². The van der Waals surface area contributed by atoms with Gasteiger partial charge in [0.15, 0.2) is 0 Å². The number of aryl methyl sites for hydroxylation is 1. The van der Waals surface area contributed by atoms with Crippen molar-refractivity contribution in [2.45, 2.75) is 71.1 Å². The van der Waals surface area contributed by atoms with Crippen LogP contribution >= 0.6 is 0 Å². The Morgan fingerprint density at radius 1 is 1.16 bits per heavy atom. The number of para-hydroxylation sites is 1. The highest BCUT2D eigenvalue weighted by atomic mass is 16.6. The van der Waals surface area contributed by atoms with Crippen molar-refractivity contribution in [1.82, 2.24) is 5.32 Å². The molecule has 0 bridgehead atoms. The van der Waals surface area contributed by atoms with E-state index < -0.39 is 11.7 Å². The highest BCUT2D eigenvalue weighted by Gasteiger charge is 2.42. The number of amides is 1. The van der Waals surface area contributed by atoms with Gasteiger partial charge < -0.3 is 20.3 Å². The van der Waals surface area contributed by atoms with Gasteiger partial charge in [-0.1, -0.05) is 38.1 Å². The van der Waals surface area contributed by atoms with E-state index in [1.165, 1.54) is 0 Å². The van der Waals surface area contributed by atoms with E-state index in [2.05, 4.69) is 39.1 Å². The second-order valence-electron chi connectivity index (χ2n) is 9.31. The first-order valence-corrected chi connectivity index (χ1v) is 11.4. The van der Waals surface area contributed by atoms with Crippen LogP contribution in [0.5, 0.6) is 5.75 Å². The molecule has 0 aromatic heterocycles. The zero-order chi connectivity index (χ0) is 23.5. The molecule has 1 atom stereocenters. The zero-order valence-electron chi connectivity index (χ0n) is 19.8. The summed E-state index contributed by atoms with van der Waals surface area (Å²) in [6.45, 7) is 10.9. The van der Waals surface area contributed by atoms with Crippen LogP contribution in [-0.4, -0.2) is 34.9 Å². The van der Waals surface area contributed by atoms with Crippen molar-refractivity contribution >= 4 is 11.8 Å². The fourth-order valence-electron chi connectivity index (χ4n) is 4.31. The Labute approximate surface area is 191 Å². The van der Waals surface area contributed by atoms with Crippen LogP contribution in [0.2, 0.25) is 0 Å². The number of anilines is 1. The largest absolute Gasteiger partial charge is 0.508 e. The van der Waals surface area contributed by atoms with Gasteiger partial charge in [0.2, 0.25) is 0 Å². The number of benzene rings is 2. The third-order valence-corrected chi connectivity index (χ3v) is 6.67. The molecular formula is C26H36N2O4. The number of aliphatic hydroxyl groups is 1. The molecule has 1 heterocycles. The van der Waals surface area contributed by atoms with Crippen LogP contribution in [-0.2, 0) is 10.3 Å². The lowest BCUT2D eigenvalue weighted by molar-refractivity contribution is -0.00134. The number of nitrogens with one attached hydrogen (secondary N) is 1. The van der Waals surface area contributed by atoms with Crippen molar-refractivity contribution in [2.75, 3.05) is 18.0 Å². The molecule has 0 spiro atoms. The Morgan fingerprint density at radius 2 is 1.84 bits per heavy atom. The van der Waals surface area contributed by atoms with E-state index in [1.807, 2.05) is 25.1 Å². The smallest absolute Gasteiger partial charge is 0.415 e. The summed E-state index contributed by atoms with van der Waals surface area (Å²) in [7, 11) is 0. The lowest BCUT2D eigenvalue weighted by Crippen LogP contribution is -2.49. The average molecular weight is 441 g/mol. The van der Waals surface area contributed by atoms with Crippen LogP contribution in [0.3, 0.4) is 0 Å². The first-order valence-electron chi connectivity index (χ1n) is 11.4. The average Bonchev–Trinajstić information content (AvgIpc) is 2.78. The van der Waals surface area contributed by atoms with Crippen LogP contribution in [0.25, 0.3) is 0 Å². The molecule has 1 amide bonds. The van der Waals surface area contributed by atoms with Gasteiger partial charge in [0, 0.05) is 24.2 Å². The lowest BCUT2D eigenvalue weighted by atomic mass is 9.85. The molecule has 174 valence electrons. The maximum Gasteiger partial charge on any atom is 0.415 e. The number of fused-ring (bicyclic) bond motifs is 1. The van der Waals surface area contributed by atoms with Gasteiger partial charge in [0.1, 0.15) is 11.4 Å². The Bertz CT molecular complexity index is 953. The Kier molecular flexibility index (Phi) is 7.16. The molecule has 6 heteroatoms. The van der Waals surface area contributed by atoms with Crippen molar-refractivity contribution in [1.29, 1.82) is 0 Å². The molecule has 0 radical (unpaired) electrons. The number of phenolic OH excluding ortho intramolecular Hbond substituents is 1. The second kappa shape index (κ2) is 9.51. The number of nitrogens with zero attached hydrogens (tertiary/aromatic N) is 1. The van der Waals surface area contributed by atoms with Gasteiger partial charge in [0.05, 0.1) is 11.8 Å². The minimum Gasteiger partial charge on any atom is -0.508 e. The highest BCUT2D eigenvalue weighted by Crippen LogP contribution is 2.43. The first kappa shape index (κ1) is 24.1. The molecule has 0 aliphatic carbocycles. The van der Waals surface area contributed by atoms with Crippen LogP contribution in [0, 0.1) is 6.92 Å². The van der Waals surface area contributed by atoms with Crippen LogP contribution in [0.15, 0.2) is 42.5 Å². The first-order chi connectivity index (χ1) is 15.1. The lowest BCUT2D eigenvalue weighted by Gasteiger charge is -2.42. The number of carbonyl (C=O) groups excluding carboxylic acids is 1. The predicted octanol–water partition coefficient (Wildman–Crippen LogP) is 5.16. The van der Waals surface area contributed by atoms with Gasteiger partial charge in [-0.3, -0.25) is 4.90 Å². The summed E-state index contributed by atoms with van der Waals surface area (Å²) in [6.07, 6.45) is 1.17. The number of aliphatic hydroxyl groups excluding tert-OH is 1. The van der Waals surface area contributed by atoms with Gasteiger partial charge in [0.25, 0.3) is 0 Å². The topological polar surface area (TPSA) is 82.0 Å². The molecule has 6 nitrogen and oxygen atoms in total.